The number of furan rings is 1. The number of hydrogen-bond donors (Lipinski definition) is 1. The minimum absolute atomic E-state index is 0.217. The summed E-state index contributed by atoms with van der Waals surface area (Å²) in [4.78, 5) is 3.48. The first kappa shape index (κ1) is 13.1. The van der Waals surface area contributed by atoms with E-state index in [1.54, 1.807) is 12.1 Å². The van der Waals surface area contributed by atoms with E-state index in [0.29, 0.717) is 29.9 Å². The maximum absolute atomic E-state index is 12.3. The van der Waals surface area contributed by atoms with Crippen LogP contribution in [0.2, 0.25) is 0 Å². The van der Waals surface area contributed by atoms with Crippen molar-refractivity contribution in [1.82, 2.24) is 4.98 Å². The fraction of sp³-hybridized carbons (Fsp3) is 0.364. The van der Waals surface area contributed by atoms with Gasteiger partial charge in [-0.1, -0.05) is 0 Å². The number of thiazole rings is 1. The topological polar surface area (TPSA) is 46.3 Å². The van der Waals surface area contributed by atoms with Gasteiger partial charge in [0.15, 0.2) is 5.01 Å². The number of halogens is 3. The molecule has 0 amide bonds. The van der Waals surface area contributed by atoms with E-state index in [0.717, 1.165) is 6.20 Å². The van der Waals surface area contributed by atoms with Gasteiger partial charge in [0.25, 0.3) is 0 Å². The number of nitrogens with zero attached hydrogens (tertiary/aromatic N) is 1. The van der Waals surface area contributed by atoms with Crippen molar-refractivity contribution in [1.29, 1.82) is 0 Å². The molecule has 0 spiro atoms. The molecule has 98 valence electrons. The lowest BCUT2D eigenvalue weighted by molar-refractivity contribution is -0.137. The zero-order valence-electron chi connectivity index (χ0n) is 9.15. The molecular formula is C11H10F3NO2S. The Balaban J connectivity index is 1.96. The van der Waals surface area contributed by atoms with Gasteiger partial charge in [-0.2, -0.15) is 13.2 Å². The molecule has 1 atom stereocenters. The largest absolute Gasteiger partial charge is 0.469 e. The average molecular weight is 277 g/mol. The number of aryl methyl sites for hydroxylation is 1. The van der Waals surface area contributed by atoms with Crippen LogP contribution in [0.25, 0.3) is 0 Å². The first-order valence-corrected chi connectivity index (χ1v) is 6.02. The molecule has 0 bridgehead atoms. The number of aliphatic hydroxyl groups excluding tert-OH is 1. The van der Waals surface area contributed by atoms with Gasteiger partial charge in [0.05, 0.1) is 17.2 Å². The summed E-state index contributed by atoms with van der Waals surface area (Å²) in [7, 11) is 0. The molecule has 2 aromatic rings. The maximum Gasteiger partial charge on any atom is 0.443 e. The standard InChI is InChI=1S/C11H10F3NO2S/c12-11(13,14)10-15-6-9(18-10)8(16)4-3-7-2-1-5-17-7/h1-2,5-6,8,16H,3-4H2. The van der Waals surface area contributed by atoms with E-state index in [1.165, 1.54) is 6.26 Å². The Morgan fingerprint density at radius 2 is 2.22 bits per heavy atom. The van der Waals surface area contributed by atoms with E-state index in [2.05, 4.69) is 4.98 Å². The van der Waals surface area contributed by atoms with Crippen LogP contribution in [0.4, 0.5) is 13.2 Å². The second-order valence-corrected chi connectivity index (χ2v) is 4.76. The average Bonchev–Trinajstić information content (AvgIpc) is 2.96. The Hall–Kier alpha value is -1.34. The van der Waals surface area contributed by atoms with Crippen molar-refractivity contribution < 1.29 is 22.7 Å². The highest BCUT2D eigenvalue weighted by molar-refractivity contribution is 7.11. The van der Waals surface area contributed by atoms with Crippen molar-refractivity contribution in [3.05, 3.63) is 40.2 Å². The molecule has 2 aromatic heterocycles. The molecule has 0 saturated carbocycles. The molecule has 0 saturated heterocycles. The van der Waals surface area contributed by atoms with Gasteiger partial charge in [0, 0.05) is 12.6 Å². The lowest BCUT2D eigenvalue weighted by Gasteiger charge is -2.06. The van der Waals surface area contributed by atoms with Crippen molar-refractivity contribution in [3.63, 3.8) is 0 Å². The van der Waals surface area contributed by atoms with Gasteiger partial charge in [-0.15, -0.1) is 11.3 Å². The minimum Gasteiger partial charge on any atom is -0.469 e. The molecular weight excluding hydrogens is 267 g/mol. The van der Waals surface area contributed by atoms with E-state index in [9.17, 15) is 18.3 Å². The summed E-state index contributed by atoms with van der Waals surface area (Å²) in [5.41, 5.74) is 0. The van der Waals surface area contributed by atoms with Crippen LogP contribution < -0.4 is 0 Å². The molecule has 0 aromatic carbocycles. The SMILES string of the molecule is OC(CCc1ccco1)c1cnc(C(F)(F)F)s1. The highest BCUT2D eigenvalue weighted by Gasteiger charge is 2.35. The molecule has 3 nitrogen and oxygen atoms in total. The van der Waals surface area contributed by atoms with Crippen molar-refractivity contribution >= 4 is 11.3 Å². The Morgan fingerprint density at radius 3 is 2.78 bits per heavy atom. The molecule has 1 N–H and O–H groups in total. The Bertz CT molecular complexity index is 493. The summed E-state index contributed by atoms with van der Waals surface area (Å²) in [6, 6.07) is 3.47. The van der Waals surface area contributed by atoms with Crippen molar-refractivity contribution in [2.75, 3.05) is 0 Å². The monoisotopic (exact) mass is 277 g/mol. The Kier molecular flexibility index (Phi) is 3.72. The summed E-state index contributed by atoms with van der Waals surface area (Å²) in [6.45, 7) is 0. The predicted octanol–water partition coefficient (Wildman–Crippen LogP) is 3.42. The molecule has 0 radical (unpaired) electrons. The normalized spacial score (nSPS) is 13.8. The summed E-state index contributed by atoms with van der Waals surface area (Å²) >= 11 is 0.468. The van der Waals surface area contributed by atoms with Gasteiger partial charge in [-0.05, 0) is 18.6 Å². The van der Waals surface area contributed by atoms with E-state index in [-0.39, 0.29) is 4.88 Å². The van der Waals surface area contributed by atoms with Gasteiger partial charge in [0.2, 0.25) is 0 Å². The van der Waals surface area contributed by atoms with E-state index >= 15 is 0 Å². The minimum atomic E-state index is -4.45. The van der Waals surface area contributed by atoms with E-state index in [4.69, 9.17) is 4.42 Å². The van der Waals surface area contributed by atoms with Gasteiger partial charge in [-0.25, -0.2) is 4.98 Å². The summed E-state index contributed by atoms with van der Waals surface area (Å²) < 4.78 is 42.1. The Morgan fingerprint density at radius 1 is 1.44 bits per heavy atom. The van der Waals surface area contributed by atoms with Gasteiger partial charge in [0.1, 0.15) is 5.76 Å². The molecule has 0 aliphatic carbocycles. The fourth-order valence-electron chi connectivity index (χ4n) is 1.45. The lowest BCUT2D eigenvalue weighted by atomic mass is 10.1. The van der Waals surface area contributed by atoms with Crippen LogP contribution in [-0.2, 0) is 12.6 Å². The highest BCUT2D eigenvalue weighted by atomic mass is 32.1. The van der Waals surface area contributed by atoms with Gasteiger partial charge < -0.3 is 9.52 Å². The zero-order chi connectivity index (χ0) is 13.2. The molecule has 0 fully saturated rings. The first-order chi connectivity index (χ1) is 8.47. The molecule has 7 heteroatoms. The van der Waals surface area contributed by atoms with E-state index in [1.807, 2.05) is 0 Å². The van der Waals surface area contributed by atoms with Crippen molar-refractivity contribution in [3.8, 4) is 0 Å². The fourth-order valence-corrected chi connectivity index (χ4v) is 2.25. The third-order valence-corrected chi connectivity index (χ3v) is 3.48. The molecule has 2 rings (SSSR count). The van der Waals surface area contributed by atoms with Gasteiger partial charge >= 0.3 is 6.18 Å². The van der Waals surface area contributed by atoms with E-state index < -0.39 is 17.3 Å². The summed E-state index contributed by atoms with van der Waals surface area (Å²) in [5, 5.41) is 8.82. The number of aliphatic hydroxyl groups is 1. The molecule has 1 unspecified atom stereocenters. The second-order valence-electron chi connectivity index (χ2n) is 3.70. The molecule has 0 aliphatic heterocycles. The van der Waals surface area contributed by atoms with Gasteiger partial charge in [-0.3, -0.25) is 0 Å². The first-order valence-electron chi connectivity index (χ1n) is 5.20. The highest BCUT2D eigenvalue weighted by Crippen LogP contribution is 2.35. The number of aromatic nitrogens is 1. The predicted molar refractivity (Wildman–Crippen MR) is 59.1 cm³/mol. The third kappa shape index (κ3) is 3.11. The summed E-state index contributed by atoms with van der Waals surface area (Å²) in [5.74, 6) is 0.689. The Labute approximate surface area is 105 Å². The second kappa shape index (κ2) is 5.11. The molecule has 2 heterocycles. The zero-order valence-corrected chi connectivity index (χ0v) is 9.96. The van der Waals surface area contributed by atoms with Crippen LogP contribution >= 0.6 is 11.3 Å². The quantitative estimate of drug-likeness (QED) is 0.931. The van der Waals surface area contributed by atoms with Crippen molar-refractivity contribution in [2.45, 2.75) is 25.1 Å². The van der Waals surface area contributed by atoms with Crippen LogP contribution in [-0.4, -0.2) is 10.1 Å². The van der Waals surface area contributed by atoms with Crippen LogP contribution in [0.15, 0.2) is 29.0 Å². The molecule has 18 heavy (non-hydrogen) atoms. The van der Waals surface area contributed by atoms with Crippen LogP contribution in [0, 0.1) is 0 Å². The van der Waals surface area contributed by atoms with Crippen LogP contribution in [0.5, 0.6) is 0 Å². The maximum atomic E-state index is 12.3. The number of alkyl halides is 3. The smallest absolute Gasteiger partial charge is 0.443 e. The number of hydrogen-bond acceptors (Lipinski definition) is 4. The third-order valence-electron chi connectivity index (χ3n) is 2.34. The van der Waals surface area contributed by atoms with Crippen LogP contribution in [0.3, 0.4) is 0 Å². The van der Waals surface area contributed by atoms with Crippen molar-refractivity contribution in [2.24, 2.45) is 0 Å². The number of rotatable bonds is 4. The lowest BCUT2D eigenvalue weighted by Crippen LogP contribution is -2.03. The summed E-state index contributed by atoms with van der Waals surface area (Å²) in [6.07, 6.45) is -2.07. The molecule has 0 aliphatic rings. The van der Waals surface area contributed by atoms with Crippen LogP contribution in [0.1, 0.15) is 28.2 Å².